The minimum atomic E-state index is -0.370. The summed E-state index contributed by atoms with van der Waals surface area (Å²) in [7, 11) is 3.79. The van der Waals surface area contributed by atoms with E-state index in [0.717, 1.165) is 10.7 Å². The van der Waals surface area contributed by atoms with Crippen molar-refractivity contribution in [2.24, 2.45) is 5.84 Å². The lowest BCUT2D eigenvalue weighted by Crippen LogP contribution is -2.38. The number of carbonyl (C=O) groups excluding carboxylic acids is 1. The molecule has 2 aromatic rings. The first-order chi connectivity index (χ1) is 9.49. The Balaban J connectivity index is 2.26. The number of carbonyl (C=O) groups is 1. The number of nitrogens with zero attached hydrogens (tertiary/aromatic N) is 4. The number of anilines is 2. The summed E-state index contributed by atoms with van der Waals surface area (Å²) in [6.07, 6.45) is 0. The molecule has 1 aromatic carbocycles. The molecule has 0 aliphatic rings. The zero-order valence-electron chi connectivity index (χ0n) is 11.1. The number of nitrogens with two attached hydrogens (primary N) is 1. The van der Waals surface area contributed by atoms with Crippen LogP contribution < -0.4 is 15.8 Å². The average molecular weight is 292 g/mol. The van der Waals surface area contributed by atoms with Gasteiger partial charge in [-0.2, -0.15) is 0 Å². The van der Waals surface area contributed by atoms with Crippen molar-refractivity contribution in [2.45, 2.75) is 0 Å². The van der Waals surface area contributed by atoms with Crippen molar-refractivity contribution in [1.82, 2.24) is 10.2 Å². The molecule has 104 valence electrons. The smallest absolute Gasteiger partial charge is 0.273 e. The lowest BCUT2D eigenvalue weighted by Gasteiger charge is -2.17. The molecule has 1 aromatic heterocycles. The van der Waals surface area contributed by atoms with Crippen LogP contribution in [0.5, 0.6) is 0 Å². The maximum atomic E-state index is 12.3. The highest BCUT2D eigenvalue weighted by atomic mass is 35.5. The zero-order valence-corrected chi connectivity index (χ0v) is 11.9. The van der Waals surface area contributed by atoms with E-state index in [1.54, 1.807) is 18.2 Å². The Bertz CT molecular complexity index is 614. The highest BCUT2D eigenvalue weighted by Crippen LogP contribution is 2.16. The molecule has 0 radical (unpaired) electrons. The average Bonchev–Trinajstić information content (AvgIpc) is 2.46. The minimum Gasteiger partial charge on any atom is -0.378 e. The summed E-state index contributed by atoms with van der Waals surface area (Å²) in [6, 6.07) is 10.2. The zero-order chi connectivity index (χ0) is 14.7. The Labute approximate surface area is 121 Å². The Kier molecular flexibility index (Phi) is 4.16. The van der Waals surface area contributed by atoms with Crippen LogP contribution >= 0.6 is 11.6 Å². The second-order valence-corrected chi connectivity index (χ2v) is 4.72. The van der Waals surface area contributed by atoms with Crippen LogP contribution in [-0.2, 0) is 0 Å². The third-order valence-corrected chi connectivity index (χ3v) is 2.89. The van der Waals surface area contributed by atoms with E-state index in [-0.39, 0.29) is 16.9 Å². The van der Waals surface area contributed by atoms with Gasteiger partial charge in [0.1, 0.15) is 0 Å². The molecule has 2 N–H and O–H groups in total. The molecule has 6 nitrogen and oxygen atoms in total. The van der Waals surface area contributed by atoms with E-state index in [9.17, 15) is 4.79 Å². The highest BCUT2D eigenvalue weighted by molar-refractivity contribution is 6.29. The molecule has 7 heteroatoms. The molecule has 0 atom stereocenters. The molecule has 0 bridgehead atoms. The number of hydrazine groups is 1. The predicted octanol–water partition coefficient (Wildman–Crippen LogP) is 1.72. The Morgan fingerprint density at radius 1 is 1.20 bits per heavy atom. The third-order valence-electron chi connectivity index (χ3n) is 2.69. The van der Waals surface area contributed by atoms with Crippen molar-refractivity contribution in [1.29, 1.82) is 0 Å². The van der Waals surface area contributed by atoms with Crippen molar-refractivity contribution in [3.63, 3.8) is 0 Å². The summed E-state index contributed by atoms with van der Waals surface area (Å²) >= 11 is 5.65. The van der Waals surface area contributed by atoms with Gasteiger partial charge >= 0.3 is 0 Å². The Morgan fingerprint density at radius 2 is 1.95 bits per heavy atom. The fourth-order valence-corrected chi connectivity index (χ4v) is 1.70. The Hall–Kier alpha value is -2.18. The summed E-state index contributed by atoms with van der Waals surface area (Å²) in [5, 5.41) is 8.61. The van der Waals surface area contributed by atoms with E-state index in [1.165, 1.54) is 12.1 Å². The minimum absolute atomic E-state index is 0.231. The van der Waals surface area contributed by atoms with Crippen molar-refractivity contribution >= 4 is 29.0 Å². The lowest BCUT2D eigenvalue weighted by molar-refractivity contribution is 0.0986. The van der Waals surface area contributed by atoms with Gasteiger partial charge < -0.3 is 4.90 Å². The number of hydrogen-bond donors (Lipinski definition) is 1. The first-order valence-electron chi connectivity index (χ1n) is 5.85. The molecule has 0 fully saturated rings. The topological polar surface area (TPSA) is 75.4 Å². The number of hydrogen-bond acceptors (Lipinski definition) is 5. The molecule has 2 rings (SSSR count). The van der Waals surface area contributed by atoms with E-state index in [2.05, 4.69) is 10.2 Å². The van der Waals surface area contributed by atoms with Gasteiger partial charge in [-0.3, -0.25) is 4.79 Å². The summed E-state index contributed by atoms with van der Waals surface area (Å²) in [5.41, 5.74) is 1.38. The van der Waals surface area contributed by atoms with Crippen LogP contribution in [0.15, 0.2) is 36.4 Å². The van der Waals surface area contributed by atoms with Gasteiger partial charge in [-0.15, -0.1) is 10.2 Å². The van der Waals surface area contributed by atoms with Crippen LogP contribution in [-0.4, -0.2) is 30.2 Å². The molecule has 1 heterocycles. The van der Waals surface area contributed by atoms with E-state index in [0.29, 0.717) is 5.56 Å². The van der Waals surface area contributed by atoms with Gasteiger partial charge in [-0.05, 0) is 30.3 Å². The number of aromatic nitrogens is 2. The maximum Gasteiger partial charge on any atom is 0.273 e. The van der Waals surface area contributed by atoms with Crippen molar-refractivity contribution < 1.29 is 4.79 Å². The fraction of sp³-hybridized carbons (Fsp3) is 0.154. The van der Waals surface area contributed by atoms with Gasteiger partial charge in [-0.1, -0.05) is 17.7 Å². The van der Waals surface area contributed by atoms with Crippen LogP contribution in [0.1, 0.15) is 10.4 Å². The second-order valence-electron chi connectivity index (χ2n) is 4.33. The number of amides is 1. The summed E-state index contributed by atoms with van der Waals surface area (Å²) in [5.74, 6) is 5.63. The largest absolute Gasteiger partial charge is 0.378 e. The van der Waals surface area contributed by atoms with Crippen molar-refractivity contribution in [3.8, 4) is 0 Å². The van der Waals surface area contributed by atoms with Crippen LogP contribution in [0.4, 0.5) is 11.5 Å². The number of rotatable bonds is 3. The SMILES string of the molecule is CN(C)c1cccc(C(=O)N(N)c2ccc(Cl)nn2)c1. The van der Waals surface area contributed by atoms with Gasteiger partial charge in [-0.25, -0.2) is 10.9 Å². The quantitative estimate of drug-likeness (QED) is 0.529. The molecule has 1 amide bonds. The standard InChI is InChI=1S/C13H14ClN5O/c1-18(2)10-5-3-4-9(8-10)13(20)19(15)12-7-6-11(14)16-17-12/h3-8H,15H2,1-2H3. The second kappa shape index (κ2) is 5.85. The van der Waals surface area contributed by atoms with E-state index >= 15 is 0 Å². The van der Waals surface area contributed by atoms with Gasteiger partial charge in [0.15, 0.2) is 11.0 Å². The lowest BCUT2D eigenvalue weighted by atomic mass is 10.2. The molecule has 20 heavy (non-hydrogen) atoms. The van der Waals surface area contributed by atoms with E-state index in [1.807, 2.05) is 25.1 Å². The summed E-state index contributed by atoms with van der Waals surface area (Å²) < 4.78 is 0. The normalized spacial score (nSPS) is 10.2. The van der Waals surface area contributed by atoms with Crippen LogP contribution in [0.25, 0.3) is 0 Å². The number of benzene rings is 1. The van der Waals surface area contributed by atoms with E-state index in [4.69, 9.17) is 17.4 Å². The predicted molar refractivity (Wildman–Crippen MR) is 78.8 cm³/mol. The highest BCUT2D eigenvalue weighted by Gasteiger charge is 2.16. The molecule has 0 aliphatic carbocycles. The van der Waals surface area contributed by atoms with Crippen LogP contribution in [0.2, 0.25) is 5.15 Å². The summed E-state index contributed by atoms with van der Waals surface area (Å²) in [4.78, 5) is 14.2. The molecule has 0 unspecified atom stereocenters. The first-order valence-corrected chi connectivity index (χ1v) is 6.22. The Morgan fingerprint density at radius 3 is 2.55 bits per heavy atom. The van der Waals surface area contributed by atoms with Crippen LogP contribution in [0, 0.1) is 0 Å². The fourth-order valence-electron chi connectivity index (χ4n) is 1.60. The maximum absolute atomic E-state index is 12.3. The van der Waals surface area contributed by atoms with Gasteiger partial charge in [0.25, 0.3) is 5.91 Å². The molecule has 0 saturated heterocycles. The van der Waals surface area contributed by atoms with E-state index < -0.39 is 0 Å². The molecular weight excluding hydrogens is 278 g/mol. The monoisotopic (exact) mass is 291 g/mol. The van der Waals surface area contributed by atoms with Gasteiger partial charge in [0.2, 0.25) is 0 Å². The first kappa shape index (κ1) is 14.2. The van der Waals surface area contributed by atoms with Gasteiger partial charge in [0.05, 0.1) is 0 Å². The third kappa shape index (κ3) is 3.04. The number of halogens is 1. The molecular formula is C13H14ClN5O. The molecule has 0 aliphatic heterocycles. The molecule has 0 saturated carbocycles. The molecule has 0 spiro atoms. The van der Waals surface area contributed by atoms with Crippen molar-refractivity contribution in [2.75, 3.05) is 24.0 Å². The van der Waals surface area contributed by atoms with Crippen molar-refractivity contribution in [3.05, 3.63) is 47.1 Å². The summed E-state index contributed by atoms with van der Waals surface area (Å²) in [6.45, 7) is 0. The van der Waals surface area contributed by atoms with Gasteiger partial charge in [0, 0.05) is 25.3 Å². The van der Waals surface area contributed by atoms with Crippen LogP contribution in [0.3, 0.4) is 0 Å².